The summed E-state index contributed by atoms with van der Waals surface area (Å²) >= 11 is 6.09. The van der Waals surface area contributed by atoms with Crippen molar-refractivity contribution in [3.05, 3.63) is 71.2 Å². The van der Waals surface area contributed by atoms with Crippen LogP contribution in [0.3, 0.4) is 0 Å². The Bertz CT molecular complexity index is 1590. The molecule has 1 atom stereocenters. The molecule has 2 saturated heterocycles. The van der Waals surface area contributed by atoms with Gasteiger partial charge in [-0.2, -0.15) is 4.31 Å². The van der Waals surface area contributed by atoms with E-state index < -0.39 is 40.0 Å². The third-order valence-corrected chi connectivity index (χ3v) is 9.64. The highest BCUT2D eigenvalue weighted by Crippen LogP contribution is 2.32. The third-order valence-electron chi connectivity index (χ3n) is 7.24. The third kappa shape index (κ3) is 4.81. The van der Waals surface area contributed by atoms with E-state index in [-0.39, 0.29) is 36.1 Å². The maximum Gasteiger partial charge on any atom is 0.325 e. The summed E-state index contributed by atoms with van der Waals surface area (Å²) < 4.78 is 32.5. The van der Waals surface area contributed by atoms with Gasteiger partial charge in [0.1, 0.15) is 22.7 Å². The highest BCUT2D eigenvalue weighted by molar-refractivity contribution is 7.89. The number of hydrogen-bond donors (Lipinski definition) is 1. The minimum absolute atomic E-state index is 0.0119. The Morgan fingerprint density at radius 3 is 2.36 bits per heavy atom. The van der Waals surface area contributed by atoms with Crippen molar-refractivity contribution in [2.45, 2.75) is 17.4 Å². The van der Waals surface area contributed by atoms with Crippen LogP contribution in [0.4, 0.5) is 4.79 Å². The van der Waals surface area contributed by atoms with Gasteiger partial charge in [-0.3, -0.25) is 14.5 Å². The number of piperazine rings is 1. The summed E-state index contributed by atoms with van der Waals surface area (Å²) in [6, 6.07) is 16.5. The first kappa shape index (κ1) is 26.9. The molecule has 0 aromatic heterocycles. The number of rotatable bonds is 6. The van der Waals surface area contributed by atoms with Crippen molar-refractivity contribution >= 4 is 50.2 Å². The minimum atomic E-state index is -3.82. The van der Waals surface area contributed by atoms with Crippen molar-refractivity contribution in [1.82, 2.24) is 19.4 Å². The van der Waals surface area contributed by atoms with Crippen LogP contribution in [-0.2, 0) is 25.2 Å². The molecule has 4 amide bonds. The average molecular weight is 571 g/mol. The Labute approximate surface area is 231 Å². The summed E-state index contributed by atoms with van der Waals surface area (Å²) in [7, 11) is -2.23. The summed E-state index contributed by atoms with van der Waals surface area (Å²) in [5, 5.41) is 4.65. The van der Waals surface area contributed by atoms with Crippen molar-refractivity contribution in [3.8, 4) is 5.75 Å². The molecule has 2 fully saturated rings. The van der Waals surface area contributed by atoms with E-state index in [4.69, 9.17) is 16.3 Å². The van der Waals surface area contributed by atoms with Crippen LogP contribution in [0.2, 0.25) is 5.02 Å². The van der Waals surface area contributed by atoms with Crippen LogP contribution in [0.25, 0.3) is 10.8 Å². The lowest BCUT2D eigenvalue weighted by molar-refractivity contribution is -0.139. The molecular weight excluding hydrogens is 544 g/mol. The predicted molar refractivity (Wildman–Crippen MR) is 145 cm³/mol. The first-order valence-corrected chi connectivity index (χ1v) is 14.1. The number of imide groups is 1. The number of halogens is 1. The quantitative estimate of drug-likeness (QED) is 0.456. The van der Waals surface area contributed by atoms with Crippen LogP contribution in [0.5, 0.6) is 5.75 Å². The molecule has 2 aliphatic heterocycles. The van der Waals surface area contributed by atoms with Crippen molar-refractivity contribution in [2.75, 3.05) is 39.8 Å². The molecule has 39 heavy (non-hydrogen) atoms. The second-order valence-corrected chi connectivity index (χ2v) is 11.9. The first-order chi connectivity index (χ1) is 18.5. The molecule has 3 aromatic carbocycles. The first-order valence-electron chi connectivity index (χ1n) is 12.3. The van der Waals surface area contributed by atoms with Crippen LogP contribution >= 0.6 is 11.6 Å². The molecular formula is C27H27ClN4O6S. The lowest BCUT2D eigenvalue weighted by atomic mass is 9.90. The molecule has 0 saturated carbocycles. The second-order valence-electron chi connectivity index (χ2n) is 9.59. The number of methoxy groups -OCH3 is 1. The highest BCUT2D eigenvalue weighted by atomic mass is 35.5. The van der Waals surface area contributed by atoms with Crippen LogP contribution in [0.15, 0.2) is 65.6 Å². The number of sulfonamides is 1. The molecule has 12 heteroatoms. The van der Waals surface area contributed by atoms with Gasteiger partial charge >= 0.3 is 6.03 Å². The number of urea groups is 1. The number of amides is 4. The van der Waals surface area contributed by atoms with Gasteiger partial charge in [-0.1, -0.05) is 41.9 Å². The van der Waals surface area contributed by atoms with Crippen LogP contribution in [-0.4, -0.2) is 80.2 Å². The van der Waals surface area contributed by atoms with Crippen molar-refractivity contribution in [3.63, 3.8) is 0 Å². The number of ether oxygens (including phenoxy) is 1. The van der Waals surface area contributed by atoms with E-state index in [9.17, 15) is 22.8 Å². The SMILES string of the molecule is COc1ccc2cc([C@]3(C)NC(=O)N(CC(=O)N4CCN(S(=O)(=O)c5ccccc5Cl)CC4)C3=O)ccc2c1. The van der Waals surface area contributed by atoms with Gasteiger partial charge in [0, 0.05) is 26.2 Å². The van der Waals surface area contributed by atoms with E-state index in [1.54, 1.807) is 32.2 Å². The van der Waals surface area contributed by atoms with Gasteiger partial charge in [0.2, 0.25) is 15.9 Å². The zero-order valence-electron chi connectivity index (χ0n) is 21.4. The van der Waals surface area contributed by atoms with Gasteiger partial charge in [-0.05, 0) is 53.6 Å². The van der Waals surface area contributed by atoms with Crippen LogP contribution < -0.4 is 10.1 Å². The van der Waals surface area contributed by atoms with Crippen LogP contribution in [0, 0.1) is 0 Å². The number of nitrogens with zero attached hydrogens (tertiary/aromatic N) is 3. The molecule has 3 aromatic rings. The number of fused-ring (bicyclic) bond motifs is 1. The molecule has 10 nitrogen and oxygen atoms in total. The van der Waals surface area contributed by atoms with E-state index in [1.807, 2.05) is 30.3 Å². The van der Waals surface area contributed by atoms with E-state index in [0.717, 1.165) is 15.7 Å². The lowest BCUT2D eigenvalue weighted by Gasteiger charge is -2.34. The van der Waals surface area contributed by atoms with Gasteiger partial charge in [-0.25, -0.2) is 13.2 Å². The highest BCUT2D eigenvalue weighted by Gasteiger charge is 2.50. The Hall–Kier alpha value is -3.67. The molecule has 2 heterocycles. The maximum absolute atomic E-state index is 13.4. The number of carbonyl (C=O) groups is 3. The molecule has 2 aliphatic rings. The monoisotopic (exact) mass is 570 g/mol. The van der Waals surface area contributed by atoms with E-state index in [2.05, 4.69) is 5.32 Å². The summed E-state index contributed by atoms with van der Waals surface area (Å²) in [5.74, 6) is -0.268. The van der Waals surface area contributed by atoms with Crippen LogP contribution in [0.1, 0.15) is 12.5 Å². The zero-order valence-corrected chi connectivity index (χ0v) is 23.0. The smallest absolute Gasteiger partial charge is 0.325 e. The van der Waals surface area contributed by atoms with Crippen molar-refractivity contribution in [1.29, 1.82) is 0 Å². The fraction of sp³-hybridized carbons (Fsp3) is 0.296. The van der Waals surface area contributed by atoms with E-state index in [1.165, 1.54) is 21.3 Å². The molecule has 0 bridgehead atoms. The predicted octanol–water partition coefficient (Wildman–Crippen LogP) is 2.80. The van der Waals surface area contributed by atoms with Crippen molar-refractivity contribution in [2.24, 2.45) is 0 Å². The number of carbonyl (C=O) groups excluding carboxylic acids is 3. The summed E-state index contributed by atoms with van der Waals surface area (Å²) in [6.45, 7) is 1.55. The molecule has 0 unspecified atom stereocenters. The zero-order chi connectivity index (χ0) is 27.9. The summed E-state index contributed by atoms with van der Waals surface area (Å²) in [5.41, 5.74) is -0.750. The summed E-state index contributed by atoms with van der Waals surface area (Å²) in [4.78, 5) is 41.7. The summed E-state index contributed by atoms with van der Waals surface area (Å²) in [6.07, 6.45) is 0. The molecule has 204 valence electrons. The van der Waals surface area contributed by atoms with Gasteiger partial charge in [0.15, 0.2) is 0 Å². The topological polar surface area (TPSA) is 116 Å². The van der Waals surface area contributed by atoms with E-state index >= 15 is 0 Å². The maximum atomic E-state index is 13.4. The molecule has 0 aliphatic carbocycles. The van der Waals surface area contributed by atoms with E-state index in [0.29, 0.717) is 11.3 Å². The normalized spacial score (nSPS) is 20.4. The van der Waals surface area contributed by atoms with Gasteiger partial charge in [0.05, 0.1) is 12.1 Å². The van der Waals surface area contributed by atoms with Gasteiger partial charge < -0.3 is 15.0 Å². The lowest BCUT2D eigenvalue weighted by Crippen LogP contribution is -2.53. The van der Waals surface area contributed by atoms with Gasteiger partial charge in [0.25, 0.3) is 5.91 Å². The Kier molecular flexibility index (Phi) is 7.00. The standard InChI is InChI=1S/C27H27ClN4O6S/c1-27(20-9-7-19-16-21(38-2)10-8-18(19)15-20)25(34)32(26(35)29-27)17-24(33)30-11-13-31(14-12-30)39(36,37)23-6-4-3-5-22(23)28/h3-10,15-16H,11-14,17H2,1-2H3,(H,29,35)/t27-/m0/s1. The molecule has 0 spiro atoms. The molecule has 5 rings (SSSR count). The van der Waals surface area contributed by atoms with Crippen molar-refractivity contribution < 1.29 is 27.5 Å². The Balaban J connectivity index is 1.26. The number of hydrogen-bond acceptors (Lipinski definition) is 6. The average Bonchev–Trinajstić information content (AvgIpc) is 3.16. The molecule has 1 N–H and O–H groups in total. The Morgan fingerprint density at radius 2 is 1.67 bits per heavy atom. The Morgan fingerprint density at radius 1 is 1.00 bits per heavy atom. The fourth-order valence-corrected chi connectivity index (χ4v) is 6.82. The largest absolute Gasteiger partial charge is 0.497 e. The second kappa shape index (κ2) is 10.1. The van der Waals surface area contributed by atoms with Gasteiger partial charge in [-0.15, -0.1) is 0 Å². The number of benzene rings is 3. The number of nitrogens with one attached hydrogen (secondary N) is 1. The molecule has 0 radical (unpaired) electrons. The fourth-order valence-electron chi connectivity index (χ4n) is 4.90. The minimum Gasteiger partial charge on any atom is -0.497 e.